The van der Waals surface area contributed by atoms with Crippen molar-refractivity contribution in [3.63, 3.8) is 0 Å². The summed E-state index contributed by atoms with van der Waals surface area (Å²) in [4.78, 5) is 26.7. The Labute approximate surface area is 334 Å². The van der Waals surface area contributed by atoms with Crippen LogP contribution in [-0.4, -0.2) is 99.0 Å². The van der Waals surface area contributed by atoms with Gasteiger partial charge in [0, 0.05) is 29.2 Å². The number of ether oxygens (including phenoxy) is 4. The van der Waals surface area contributed by atoms with Gasteiger partial charge in [-0.2, -0.15) is 0 Å². The van der Waals surface area contributed by atoms with Crippen molar-refractivity contribution >= 4 is 21.5 Å². The maximum absolute atomic E-state index is 13.8. The third kappa shape index (κ3) is 13.9. The molecular formula is C43H49N5O8S. The van der Waals surface area contributed by atoms with Crippen molar-refractivity contribution in [3.8, 4) is 17.1 Å². The first-order chi connectivity index (χ1) is 27.6. The van der Waals surface area contributed by atoms with Gasteiger partial charge in [0.15, 0.2) is 21.4 Å². The molecule has 1 N–H and O–H groups in total. The molecule has 5 rings (SSSR count). The van der Waals surface area contributed by atoms with Crippen LogP contribution in [0.25, 0.3) is 11.4 Å². The van der Waals surface area contributed by atoms with Crippen LogP contribution in [0.5, 0.6) is 5.75 Å². The molecule has 0 bridgehead atoms. The zero-order valence-corrected chi connectivity index (χ0v) is 33.4. The SMILES string of the molecule is Cc1ccc(CCC(CS(=O)(=O)c2ccc(C)cc2)C(=O)c2ccc(C(=O)NCCOCCOCCOCCOc3ccc(-c4nnc(C)nn4)cc3)cc2)cc1. The highest BCUT2D eigenvalue weighted by Gasteiger charge is 2.28. The minimum atomic E-state index is -3.72. The second kappa shape index (κ2) is 21.8. The van der Waals surface area contributed by atoms with Crippen molar-refractivity contribution in [1.82, 2.24) is 25.7 Å². The molecule has 5 aromatic rings. The van der Waals surface area contributed by atoms with E-state index in [1.54, 1.807) is 55.5 Å². The van der Waals surface area contributed by atoms with E-state index in [0.29, 0.717) is 87.6 Å². The number of sulfone groups is 1. The molecule has 1 aromatic heterocycles. The lowest BCUT2D eigenvalue weighted by Gasteiger charge is -2.17. The Bertz CT molecular complexity index is 2110. The summed E-state index contributed by atoms with van der Waals surface area (Å²) in [7, 11) is -3.72. The number of carbonyl (C=O) groups is 2. The maximum Gasteiger partial charge on any atom is 0.251 e. The fraction of sp³-hybridized carbons (Fsp3) is 0.349. The molecular weight excluding hydrogens is 747 g/mol. The van der Waals surface area contributed by atoms with Gasteiger partial charge >= 0.3 is 0 Å². The molecule has 300 valence electrons. The van der Waals surface area contributed by atoms with Crippen LogP contribution in [0.1, 0.15) is 49.7 Å². The number of hydrogen-bond donors (Lipinski definition) is 1. The summed E-state index contributed by atoms with van der Waals surface area (Å²) in [5.74, 6) is 0.00774. The number of Topliss-reactive ketones (excluding diaryl/α,β-unsaturated/α-hetero) is 1. The molecule has 4 aromatic carbocycles. The number of aromatic nitrogens is 4. The van der Waals surface area contributed by atoms with Gasteiger partial charge < -0.3 is 24.3 Å². The first-order valence-electron chi connectivity index (χ1n) is 18.9. The second-order valence-corrected chi connectivity index (χ2v) is 15.5. The predicted octanol–water partition coefficient (Wildman–Crippen LogP) is 5.62. The number of ketones is 1. The standard InChI is InChI=1S/C43H49N5O8S/c1-31-4-8-34(9-5-31)10-11-38(30-57(51,52)40-20-6-32(2)7-21-40)41(49)35-12-14-37(15-13-35)43(50)44-22-23-53-24-25-54-26-27-55-28-29-56-39-18-16-36(17-19-39)42-47-45-33(3)46-48-42/h4-9,12-21,38H,10-11,22-30H2,1-3H3,(H,44,50). The van der Waals surface area contributed by atoms with Crippen LogP contribution in [0.4, 0.5) is 0 Å². The molecule has 0 aliphatic rings. The summed E-state index contributed by atoms with van der Waals surface area (Å²) in [6, 6.07) is 28.3. The van der Waals surface area contributed by atoms with Crippen molar-refractivity contribution in [3.05, 3.63) is 131 Å². The number of nitrogens with zero attached hydrogens (tertiary/aromatic N) is 4. The fourth-order valence-corrected chi connectivity index (χ4v) is 7.30. The molecule has 0 spiro atoms. The van der Waals surface area contributed by atoms with Crippen molar-refractivity contribution < 1.29 is 37.0 Å². The number of nitrogens with one attached hydrogen (secondary N) is 1. The second-order valence-electron chi connectivity index (χ2n) is 13.5. The molecule has 0 saturated heterocycles. The molecule has 0 aliphatic carbocycles. The van der Waals surface area contributed by atoms with E-state index in [1.165, 1.54) is 0 Å². The number of benzene rings is 4. The van der Waals surface area contributed by atoms with Crippen LogP contribution >= 0.6 is 0 Å². The van der Waals surface area contributed by atoms with E-state index in [1.807, 2.05) is 62.4 Å². The molecule has 0 saturated carbocycles. The molecule has 1 heterocycles. The molecule has 1 unspecified atom stereocenters. The van der Waals surface area contributed by atoms with E-state index < -0.39 is 15.8 Å². The van der Waals surface area contributed by atoms with Crippen LogP contribution in [0.3, 0.4) is 0 Å². The van der Waals surface area contributed by atoms with Gasteiger partial charge in [-0.1, -0.05) is 59.7 Å². The van der Waals surface area contributed by atoms with E-state index in [-0.39, 0.29) is 28.9 Å². The molecule has 13 nitrogen and oxygen atoms in total. The van der Waals surface area contributed by atoms with Gasteiger partial charge in [-0.05, 0) is 87.7 Å². The van der Waals surface area contributed by atoms with E-state index in [2.05, 4.69) is 25.7 Å². The summed E-state index contributed by atoms with van der Waals surface area (Å²) in [6.45, 7) is 8.55. The third-order valence-electron chi connectivity index (χ3n) is 8.97. The topological polar surface area (TPSA) is 169 Å². The van der Waals surface area contributed by atoms with E-state index in [0.717, 1.165) is 22.3 Å². The summed E-state index contributed by atoms with van der Waals surface area (Å²) in [5, 5.41) is 18.7. The van der Waals surface area contributed by atoms with Gasteiger partial charge in [-0.15, -0.1) is 20.4 Å². The van der Waals surface area contributed by atoms with Crippen molar-refractivity contribution in [2.45, 2.75) is 38.5 Å². The molecule has 1 amide bonds. The lowest BCUT2D eigenvalue weighted by atomic mass is 9.92. The number of carbonyl (C=O) groups excluding carboxylic acids is 2. The normalized spacial score (nSPS) is 11.9. The van der Waals surface area contributed by atoms with Crippen LogP contribution < -0.4 is 10.1 Å². The van der Waals surface area contributed by atoms with Gasteiger partial charge in [-0.25, -0.2) is 8.42 Å². The Morgan fingerprint density at radius 3 is 1.79 bits per heavy atom. The van der Waals surface area contributed by atoms with Crippen LogP contribution in [0.15, 0.2) is 102 Å². The number of rotatable bonds is 23. The average Bonchev–Trinajstić information content (AvgIpc) is 3.22. The van der Waals surface area contributed by atoms with Crippen LogP contribution in [0.2, 0.25) is 0 Å². The summed E-state index contributed by atoms with van der Waals surface area (Å²) >= 11 is 0. The Hall–Kier alpha value is -5.41. The quantitative estimate of drug-likeness (QED) is 0.0641. The van der Waals surface area contributed by atoms with E-state index >= 15 is 0 Å². The minimum absolute atomic E-state index is 0.194. The largest absolute Gasteiger partial charge is 0.491 e. The van der Waals surface area contributed by atoms with E-state index in [9.17, 15) is 18.0 Å². The fourth-order valence-electron chi connectivity index (χ4n) is 5.71. The number of amides is 1. The zero-order valence-electron chi connectivity index (χ0n) is 32.6. The third-order valence-corrected chi connectivity index (χ3v) is 10.8. The Morgan fingerprint density at radius 1 is 0.632 bits per heavy atom. The first-order valence-corrected chi connectivity index (χ1v) is 20.5. The van der Waals surface area contributed by atoms with Crippen LogP contribution in [-0.2, 0) is 30.5 Å². The highest BCUT2D eigenvalue weighted by molar-refractivity contribution is 7.91. The van der Waals surface area contributed by atoms with Crippen LogP contribution in [0, 0.1) is 26.7 Å². The van der Waals surface area contributed by atoms with Crippen molar-refractivity contribution in [2.75, 3.05) is 58.5 Å². The Balaban J connectivity index is 0.956. The van der Waals surface area contributed by atoms with Gasteiger partial charge in [0.2, 0.25) is 5.82 Å². The average molecular weight is 796 g/mol. The van der Waals surface area contributed by atoms with Crippen molar-refractivity contribution in [1.29, 1.82) is 0 Å². The van der Waals surface area contributed by atoms with Gasteiger partial charge in [0.05, 0.1) is 50.3 Å². The van der Waals surface area contributed by atoms with Gasteiger partial charge in [0.1, 0.15) is 12.4 Å². The monoisotopic (exact) mass is 795 g/mol. The molecule has 0 fully saturated rings. The van der Waals surface area contributed by atoms with Crippen molar-refractivity contribution in [2.24, 2.45) is 5.92 Å². The summed E-state index contributed by atoms with van der Waals surface area (Å²) < 4.78 is 49.1. The highest BCUT2D eigenvalue weighted by atomic mass is 32.2. The number of aryl methyl sites for hydroxylation is 4. The lowest BCUT2D eigenvalue weighted by molar-refractivity contribution is 0.00988. The smallest absolute Gasteiger partial charge is 0.251 e. The molecule has 1 atom stereocenters. The maximum atomic E-state index is 13.8. The molecule has 57 heavy (non-hydrogen) atoms. The molecule has 0 aliphatic heterocycles. The first kappa shape index (κ1) is 42.7. The van der Waals surface area contributed by atoms with Gasteiger partial charge in [0.25, 0.3) is 5.91 Å². The predicted molar refractivity (Wildman–Crippen MR) is 215 cm³/mol. The Morgan fingerprint density at radius 2 is 1.18 bits per heavy atom. The van der Waals surface area contributed by atoms with E-state index in [4.69, 9.17) is 18.9 Å². The summed E-state index contributed by atoms with van der Waals surface area (Å²) in [6.07, 6.45) is 0.922. The summed E-state index contributed by atoms with van der Waals surface area (Å²) in [5.41, 5.74) is 4.64. The molecule has 14 heteroatoms. The molecule has 0 radical (unpaired) electrons. The minimum Gasteiger partial charge on any atom is -0.491 e. The lowest BCUT2D eigenvalue weighted by Crippen LogP contribution is -2.28. The Kier molecular flexibility index (Phi) is 16.3. The highest BCUT2D eigenvalue weighted by Crippen LogP contribution is 2.23. The number of hydrogen-bond acceptors (Lipinski definition) is 12. The zero-order chi connectivity index (χ0) is 40.5. The van der Waals surface area contributed by atoms with Gasteiger partial charge in [-0.3, -0.25) is 9.59 Å².